The molecule has 0 fully saturated rings. The predicted molar refractivity (Wildman–Crippen MR) is 83.7 cm³/mol. The summed E-state index contributed by atoms with van der Waals surface area (Å²) in [7, 11) is 0. The van der Waals surface area contributed by atoms with E-state index in [1.807, 2.05) is 13.8 Å². The van der Waals surface area contributed by atoms with Gasteiger partial charge in [-0.05, 0) is 30.5 Å². The minimum atomic E-state index is -1.06. The second kappa shape index (κ2) is 8.24. The van der Waals surface area contributed by atoms with Crippen molar-refractivity contribution >= 4 is 39.4 Å². The molecule has 0 saturated carbocycles. The van der Waals surface area contributed by atoms with E-state index in [0.717, 1.165) is 4.47 Å². The Labute approximate surface area is 136 Å². The minimum Gasteiger partial charge on any atom is -0.482 e. The third-order valence-electron chi connectivity index (χ3n) is 2.59. The Morgan fingerprint density at radius 2 is 2.10 bits per heavy atom. The zero-order chi connectivity index (χ0) is 16.0. The van der Waals surface area contributed by atoms with Crippen LogP contribution in [0.5, 0.6) is 5.75 Å². The maximum Gasteiger partial charge on any atom is 0.326 e. The largest absolute Gasteiger partial charge is 0.482 e. The Kier molecular flexibility index (Phi) is 6.98. The fourth-order valence-corrected chi connectivity index (χ4v) is 2.39. The summed E-state index contributed by atoms with van der Waals surface area (Å²) < 4.78 is 6.08. The highest BCUT2D eigenvalue weighted by molar-refractivity contribution is 9.10. The topological polar surface area (TPSA) is 75.6 Å². The van der Waals surface area contributed by atoms with Gasteiger partial charge < -0.3 is 15.2 Å². The van der Waals surface area contributed by atoms with E-state index in [0.29, 0.717) is 17.2 Å². The lowest BCUT2D eigenvalue weighted by Crippen LogP contribution is -2.43. The van der Waals surface area contributed by atoms with Gasteiger partial charge in [-0.2, -0.15) is 0 Å². The summed E-state index contributed by atoms with van der Waals surface area (Å²) in [5.74, 6) is -1.03. The van der Waals surface area contributed by atoms with Crippen molar-refractivity contribution in [1.29, 1.82) is 0 Å². The first-order valence-electron chi connectivity index (χ1n) is 6.39. The SMILES string of the molecule is CC(C)C[C@@H](NC(=O)COc1ccc(Br)cc1Cl)C(=O)O. The smallest absolute Gasteiger partial charge is 0.326 e. The number of carboxylic acid groups (broad SMARTS) is 1. The summed E-state index contributed by atoms with van der Waals surface area (Å²) in [6, 6.07) is 4.09. The van der Waals surface area contributed by atoms with Crippen molar-refractivity contribution in [1.82, 2.24) is 5.32 Å². The second-order valence-electron chi connectivity index (χ2n) is 4.95. The summed E-state index contributed by atoms with van der Waals surface area (Å²) in [4.78, 5) is 22.8. The molecule has 1 rings (SSSR count). The van der Waals surface area contributed by atoms with Crippen LogP contribution < -0.4 is 10.1 Å². The molecule has 0 aliphatic carbocycles. The standard InChI is InChI=1S/C14H17BrClNO4/c1-8(2)5-11(14(19)20)17-13(18)7-21-12-4-3-9(15)6-10(12)16/h3-4,6,8,11H,5,7H2,1-2H3,(H,17,18)(H,19,20)/t11-/m1/s1. The highest BCUT2D eigenvalue weighted by atomic mass is 79.9. The molecule has 0 aliphatic heterocycles. The number of carboxylic acids is 1. The first kappa shape index (κ1) is 17.8. The van der Waals surface area contributed by atoms with Crippen molar-refractivity contribution in [2.75, 3.05) is 6.61 Å². The van der Waals surface area contributed by atoms with Gasteiger partial charge in [0.1, 0.15) is 11.8 Å². The highest BCUT2D eigenvalue weighted by Crippen LogP contribution is 2.27. The van der Waals surface area contributed by atoms with Gasteiger partial charge in [-0.25, -0.2) is 4.79 Å². The van der Waals surface area contributed by atoms with Gasteiger partial charge in [0, 0.05) is 4.47 Å². The lowest BCUT2D eigenvalue weighted by atomic mass is 10.0. The van der Waals surface area contributed by atoms with Crippen LogP contribution in [0.4, 0.5) is 0 Å². The van der Waals surface area contributed by atoms with Crippen molar-refractivity contribution in [2.24, 2.45) is 5.92 Å². The van der Waals surface area contributed by atoms with Gasteiger partial charge >= 0.3 is 5.97 Å². The lowest BCUT2D eigenvalue weighted by Gasteiger charge is -2.16. The molecule has 0 unspecified atom stereocenters. The van der Waals surface area contributed by atoms with Gasteiger partial charge in [0.15, 0.2) is 6.61 Å². The molecule has 2 N–H and O–H groups in total. The van der Waals surface area contributed by atoms with Crippen LogP contribution in [0.3, 0.4) is 0 Å². The Morgan fingerprint density at radius 1 is 1.43 bits per heavy atom. The molecule has 1 aromatic carbocycles. The number of carbonyl (C=O) groups is 2. The van der Waals surface area contributed by atoms with Crippen molar-refractivity contribution in [3.8, 4) is 5.75 Å². The van der Waals surface area contributed by atoms with Gasteiger partial charge in [-0.1, -0.05) is 41.4 Å². The average molecular weight is 379 g/mol. The van der Waals surface area contributed by atoms with E-state index in [2.05, 4.69) is 21.2 Å². The quantitative estimate of drug-likeness (QED) is 0.764. The van der Waals surface area contributed by atoms with E-state index < -0.39 is 17.9 Å². The van der Waals surface area contributed by atoms with Crippen LogP contribution >= 0.6 is 27.5 Å². The normalized spacial score (nSPS) is 12.0. The van der Waals surface area contributed by atoms with Crippen molar-refractivity contribution in [2.45, 2.75) is 26.3 Å². The number of carbonyl (C=O) groups excluding carboxylic acids is 1. The molecule has 0 heterocycles. The van der Waals surface area contributed by atoms with Gasteiger partial charge in [-0.15, -0.1) is 0 Å². The Morgan fingerprint density at radius 3 is 2.62 bits per heavy atom. The van der Waals surface area contributed by atoms with E-state index in [-0.39, 0.29) is 12.5 Å². The molecule has 0 radical (unpaired) electrons. The third kappa shape index (κ3) is 6.35. The van der Waals surface area contributed by atoms with E-state index in [4.69, 9.17) is 21.4 Å². The zero-order valence-electron chi connectivity index (χ0n) is 11.7. The summed E-state index contributed by atoms with van der Waals surface area (Å²) >= 11 is 9.22. The molecule has 1 aromatic rings. The molecule has 0 aliphatic rings. The number of aliphatic carboxylic acids is 1. The molecule has 0 aromatic heterocycles. The molecule has 116 valence electrons. The summed E-state index contributed by atoms with van der Waals surface area (Å²) in [5.41, 5.74) is 0. The maximum atomic E-state index is 11.7. The fraction of sp³-hybridized carbons (Fsp3) is 0.429. The van der Waals surface area contributed by atoms with Crippen molar-refractivity contribution in [3.63, 3.8) is 0 Å². The average Bonchev–Trinajstić information content (AvgIpc) is 2.36. The first-order valence-corrected chi connectivity index (χ1v) is 7.56. The van der Waals surface area contributed by atoms with E-state index in [1.165, 1.54) is 0 Å². The van der Waals surface area contributed by atoms with Gasteiger partial charge in [0.2, 0.25) is 0 Å². The van der Waals surface area contributed by atoms with Crippen LogP contribution in [0.2, 0.25) is 5.02 Å². The number of hydrogen-bond acceptors (Lipinski definition) is 3. The number of nitrogens with one attached hydrogen (secondary N) is 1. The zero-order valence-corrected chi connectivity index (χ0v) is 14.1. The predicted octanol–water partition coefficient (Wildman–Crippen LogP) is 3.10. The van der Waals surface area contributed by atoms with E-state index in [9.17, 15) is 9.59 Å². The molecule has 0 saturated heterocycles. The Hall–Kier alpha value is -1.27. The molecule has 0 spiro atoms. The molecule has 0 bridgehead atoms. The number of ether oxygens (including phenoxy) is 1. The molecule has 7 heteroatoms. The second-order valence-corrected chi connectivity index (χ2v) is 6.27. The van der Waals surface area contributed by atoms with Crippen LogP contribution in [0.15, 0.2) is 22.7 Å². The molecular weight excluding hydrogens is 362 g/mol. The van der Waals surface area contributed by atoms with Gasteiger partial charge in [0.25, 0.3) is 5.91 Å². The monoisotopic (exact) mass is 377 g/mol. The molecule has 1 atom stereocenters. The van der Waals surface area contributed by atoms with Gasteiger partial charge in [0.05, 0.1) is 5.02 Å². The first-order chi connectivity index (χ1) is 9.79. The number of benzene rings is 1. The number of halogens is 2. The van der Waals surface area contributed by atoms with Crippen LogP contribution in [-0.4, -0.2) is 29.6 Å². The van der Waals surface area contributed by atoms with E-state index >= 15 is 0 Å². The molecular formula is C14H17BrClNO4. The van der Waals surface area contributed by atoms with E-state index in [1.54, 1.807) is 18.2 Å². The minimum absolute atomic E-state index is 0.160. The Bertz CT molecular complexity index is 522. The Balaban J connectivity index is 2.54. The van der Waals surface area contributed by atoms with Gasteiger partial charge in [-0.3, -0.25) is 4.79 Å². The molecule has 21 heavy (non-hydrogen) atoms. The van der Waals surface area contributed by atoms with Crippen molar-refractivity contribution in [3.05, 3.63) is 27.7 Å². The molecule has 5 nitrogen and oxygen atoms in total. The lowest BCUT2D eigenvalue weighted by molar-refractivity contribution is -0.142. The van der Waals surface area contributed by atoms with Crippen molar-refractivity contribution < 1.29 is 19.4 Å². The van der Waals surface area contributed by atoms with Crippen LogP contribution in [-0.2, 0) is 9.59 Å². The fourth-order valence-electron chi connectivity index (χ4n) is 1.66. The highest BCUT2D eigenvalue weighted by Gasteiger charge is 2.21. The number of hydrogen-bond donors (Lipinski definition) is 2. The molecule has 1 amide bonds. The van der Waals surface area contributed by atoms with Crippen LogP contribution in [0.25, 0.3) is 0 Å². The summed E-state index contributed by atoms with van der Waals surface area (Å²) in [5, 5.41) is 11.9. The number of amides is 1. The van der Waals surface area contributed by atoms with Crippen LogP contribution in [0, 0.1) is 5.92 Å². The van der Waals surface area contributed by atoms with Crippen LogP contribution in [0.1, 0.15) is 20.3 Å². The number of rotatable bonds is 7. The maximum absolute atomic E-state index is 11.7. The summed E-state index contributed by atoms with van der Waals surface area (Å²) in [6.45, 7) is 3.49. The third-order valence-corrected chi connectivity index (χ3v) is 3.38. The summed E-state index contributed by atoms with van der Waals surface area (Å²) in [6.07, 6.45) is 0.361.